The number of aliphatic imine (C=N–C) groups is 1. The van der Waals surface area contributed by atoms with Gasteiger partial charge in [0.05, 0.1) is 6.10 Å². The number of carbonyl (C=O) groups excluding carboxylic acids is 1. The molecule has 0 spiro atoms. The van der Waals surface area contributed by atoms with E-state index in [0.717, 1.165) is 22.7 Å². The highest BCUT2D eigenvalue weighted by Gasteiger charge is 2.22. The van der Waals surface area contributed by atoms with Gasteiger partial charge in [-0.15, -0.1) is 0 Å². The summed E-state index contributed by atoms with van der Waals surface area (Å²) in [5.74, 6) is -1.18. The number of H-pyrrole nitrogens is 3. The van der Waals surface area contributed by atoms with Crippen LogP contribution in [0.2, 0.25) is 0 Å². The lowest BCUT2D eigenvalue weighted by atomic mass is 10.1. The van der Waals surface area contributed by atoms with Gasteiger partial charge >= 0.3 is 11.7 Å². The molecule has 0 saturated carbocycles. The Morgan fingerprint density at radius 3 is 2.71 bits per heavy atom. The van der Waals surface area contributed by atoms with E-state index in [4.69, 9.17) is 4.74 Å². The molecule has 1 aromatic carbocycles. The molecule has 1 unspecified atom stereocenters. The van der Waals surface area contributed by atoms with Crippen molar-refractivity contribution in [3.8, 4) is 5.88 Å². The van der Waals surface area contributed by atoms with Gasteiger partial charge in [-0.2, -0.15) is 0 Å². The van der Waals surface area contributed by atoms with Crippen molar-refractivity contribution in [2.45, 2.75) is 32.4 Å². The summed E-state index contributed by atoms with van der Waals surface area (Å²) in [4.78, 5) is 46.9. The zero-order chi connectivity index (χ0) is 20.3. The van der Waals surface area contributed by atoms with Crippen molar-refractivity contribution in [3.63, 3.8) is 0 Å². The van der Waals surface area contributed by atoms with Crippen molar-refractivity contribution in [2.75, 3.05) is 0 Å². The van der Waals surface area contributed by atoms with Crippen molar-refractivity contribution in [1.29, 1.82) is 0 Å². The molecule has 28 heavy (non-hydrogen) atoms. The number of benzene rings is 1. The number of esters is 1. The quantitative estimate of drug-likeness (QED) is 0.374. The van der Waals surface area contributed by atoms with E-state index in [1.807, 2.05) is 29.2 Å². The van der Waals surface area contributed by atoms with Crippen LogP contribution in [0, 0.1) is 0 Å². The van der Waals surface area contributed by atoms with Crippen LogP contribution in [0.1, 0.15) is 25.0 Å². The number of nitrogens with zero attached hydrogens (tertiary/aromatic N) is 1. The molecule has 0 fully saturated rings. The molecule has 4 N–H and O–H groups in total. The molecule has 2 aromatic heterocycles. The Balaban J connectivity index is 1.94. The van der Waals surface area contributed by atoms with Crippen molar-refractivity contribution >= 4 is 23.1 Å². The highest BCUT2D eigenvalue weighted by atomic mass is 16.5. The fraction of sp³-hybridized carbons (Fsp3) is 0.263. The second-order valence-corrected chi connectivity index (χ2v) is 6.51. The molecule has 0 aliphatic carbocycles. The number of para-hydroxylation sites is 1. The van der Waals surface area contributed by atoms with Gasteiger partial charge in [0.1, 0.15) is 5.56 Å². The van der Waals surface area contributed by atoms with Crippen LogP contribution in [-0.2, 0) is 16.0 Å². The summed E-state index contributed by atoms with van der Waals surface area (Å²) in [6.45, 7) is 3.45. The van der Waals surface area contributed by atoms with Crippen molar-refractivity contribution in [2.24, 2.45) is 4.99 Å². The minimum Gasteiger partial charge on any atom is -0.494 e. The molecule has 0 bridgehead atoms. The Bertz CT molecular complexity index is 1140. The number of aromatic amines is 3. The number of hydrogen-bond acceptors (Lipinski definition) is 6. The zero-order valence-corrected chi connectivity index (χ0v) is 15.4. The molecule has 0 aliphatic heterocycles. The highest BCUT2D eigenvalue weighted by molar-refractivity contribution is 5.87. The number of rotatable bonds is 6. The van der Waals surface area contributed by atoms with Crippen LogP contribution < -0.4 is 11.2 Å². The summed E-state index contributed by atoms with van der Waals surface area (Å²) in [7, 11) is 0. The summed E-state index contributed by atoms with van der Waals surface area (Å²) in [6, 6.07) is 6.70. The van der Waals surface area contributed by atoms with Gasteiger partial charge in [-0.25, -0.2) is 9.59 Å². The van der Waals surface area contributed by atoms with Gasteiger partial charge in [0.25, 0.3) is 5.56 Å². The Hall–Kier alpha value is -3.62. The number of nitrogens with one attached hydrogen (secondary N) is 3. The fourth-order valence-electron chi connectivity index (χ4n) is 2.78. The fourth-order valence-corrected chi connectivity index (χ4v) is 2.78. The summed E-state index contributed by atoms with van der Waals surface area (Å²) >= 11 is 0. The van der Waals surface area contributed by atoms with E-state index in [0.29, 0.717) is 0 Å². The average Bonchev–Trinajstić information content (AvgIpc) is 3.02. The monoisotopic (exact) mass is 384 g/mol. The lowest BCUT2D eigenvalue weighted by Gasteiger charge is -2.14. The Morgan fingerprint density at radius 1 is 1.25 bits per heavy atom. The van der Waals surface area contributed by atoms with Crippen molar-refractivity contribution < 1.29 is 14.6 Å². The van der Waals surface area contributed by atoms with Gasteiger partial charge in [-0.1, -0.05) is 18.2 Å². The molecule has 0 radical (unpaired) electrons. The molecule has 3 aromatic rings. The van der Waals surface area contributed by atoms with E-state index < -0.39 is 29.1 Å². The molecule has 0 aliphatic rings. The summed E-state index contributed by atoms with van der Waals surface area (Å²) in [6.07, 6.45) is 2.75. The Labute approximate surface area is 159 Å². The maximum atomic E-state index is 12.5. The van der Waals surface area contributed by atoms with E-state index >= 15 is 0 Å². The highest BCUT2D eigenvalue weighted by Crippen LogP contribution is 2.20. The van der Waals surface area contributed by atoms with Gasteiger partial charge < -0.3 is 14.8 Å². The van der Waals surface area contributed by atoms with E-state index in [9.17, 15) is 19.5 Å². The molecule has 9 nitrogen and oxygen atoms in total. The van der Waals surface area contributed by atoms with Gasteiger partial charge in [0.15, 0.2) is 6.04 Å². The van der Waals surface area contributed by atoms with Crippen LogP contribution in [0.4, 0.5) is 0 Å². The van der Waals surface area contributed by atoms with Crippen LogP contribution in [0.3, 0.4) is 0 Å². The Morgan fingerprint density at radius 2 is 2.00 bits per heavy atom. The molecule has 0 saturated heterocycles. The van der Waals surface area contributed by atoms with Crippen molar-refractivity contribution in [3.05, 3.63) is 62.4 Å². The third-order valence-electron chi connectivity index (χ3n) is 4.05. The minimum atomic E-state index is -0.938. The average molecular weight is 384 g/mol. The van der Waals surface area contributed by atoms with Crippen molar-refractivity contribution in [1.82, 2.24) is 15.0 Å². The zero-order valence-electron chi connectivity index (χ0n) is 15.4. The molecular weight excluding hydrogens is 364 g/mol. The van der Waals surface area contributed by atoms with Gasteiger partial charge in [-0.05, 0) is 25.5 Å². The van der Waals surface area contributed by atoms with E-state index in [-0.39, 0.29) is 18.1 Å². The van der Waals surface area contributed by atoms with E-state index in [2.05, 4.69) is 15.0 Å². The summed E-state index contributed by atoms with van der Waals surface area (Å²) < 4.78 is 5.27. The number of ether oxygens (including phenoxy) is 1. The largest absolute Gasteiger partial charge is 0.494 e. The Kier molecular flexibility index (Phi) is 5.44. The molecule has 0 amide bonds. The maximum absolute atomic E-state index is 12.5. The molecular formula is C19H20N4O5. The van der Waals surface area contributed by atoms with Gasteiger partial charge in [-0.3, -0.25) is 19.8 Å². The van der Waals surface area contributed by atoms with E-state index in [1.54, 1.807) is 20.0 Å². The number of aromatic nitrogens is 3. The maximum Gasteiger partial charge on any atom is 0.331 e. The number of hydrogen-bond donors (Lipinski definition) is 4. The summed E-state index contributed by atoms with van der Waals surface area (Å²) in [5, 5.41) is 10.7. The van der Waals surface area contributed by atoms with E-state index in [1.165, 1.54) is 0 Å². The standard InChI is InChI=1S/C19H20N4O5/c1-10(2)28-18(26)15(7-11-8-20-14-6-4-3-5-12(11)14)21-9-13-16(24)22-19(27)23-17(13)25/h3-6,8-10,15,20H,7H2,1-2H3,(H3,22,23,24,25,27). The first-order chi connectivity index (χ1) is 13.3. The van der Waals surface area contributed by atoms with Gasteiger partial charge in [0, 0.05) is 29.7 Å². The first-order valence-electron chi connectivity index (χ1n) is 8.69. The smallest absolute Gasteiger partial charge is 0.331 e. The first-order valence-corrected chi connectivity index (χ1v) is 8.69. The number of aromatic hydroxyl groups is 1. The van der Waals surface area contributed by atoms with Crippen LogP contribution >= 0.6 is 0 Å². The molecule has 1 atom stereocenters. The van der Waals surface area contributed by atoms with Crippen LogP contribution in [0.5, 0.6) is 5.88 Å². The second-order valence-electron chi connectivity index (χ2n) is 6.51. The molecule has 3 rings (SSSR count). The topological polar surface area (TPSA) is 140 Å². The van der Waals surface area contributed by atoms with Gasteiger partial charge in [0.2, 0.25) is 5.88 Å². The number of fused-ring (bicyclic) bond motifs is 1. The molecule has 146 valence electrons. The van der Waals surface area contributed by atoms with Crippen LogP contribution in [0.25, 0.3) is 10.9 Å². The molecule has 9 heteroatoms. The number of carbonyl (C=O) groups is 1. The van der Waals surface area contributed by atoms with Crippen LogP contribution in [0.15, 0.2) is 45.0 Å². The third-order valence-corrected chi connectivity index (χ3v) is 4.05. The normalized spacial score (nSPS) is 12.7. The van der Waals surface area contributed by atoms with Crippen LogP contribution in [-0.4, -0.2) is 44.4 Å². The predicted molar refractivity (Wildman–Crippen MR) is 104 cm³/mol. The lowest BCUT2D eigenvalue weighted by Crippen LogP contribution is -2.28. The minimum absolute atomic E-state index is 0.230. The second kappa shape index (κ2) is 7.95. The predicted octanol–water partition coefficient (Wildman–Crippen LogP) is 1.23. The lowest BCUT2D eigenvalue weighted by molar-refractivity contribution is -0.148. The molecule has 2 heterocycles. The first kappa shape index (κ1) is 19.2. The SMILES string of the molecule is CC(C)OC(=O)C(Cc1c[nH]c2ccccc12)N=Cc1c(O)[nH]c(=O)[nH]c1=O. The summed E-state index contributed by atoms with van der Waals surface area (Å²) in [5.41, 5.74) is -0.117. The third kappa shape index (κ3) is 4.20.